The third-order valence-electron chi connectivity index (χ3n) is 2.99. The molecule has 21 heavy (non-hydrogen) atoms. The highest BCUT2D eigenvalue weighted by atomic mass is 35.5. The van der Waals surface area contributed by atoms with Gasteiger partial charge in [-0.25, -0.2) is 14.0 Å². The van der Waals surface area contributed by atoms with Gasteiger partial charge in [0, 0.05) is 17.3 Å². The van der Waals surface area contributed by atoms with Crippen molar-refractivity contribution in [3.63, 3.8) is 0 Å². The van der Waals surface area contributed by atoms with Crippen LogP contribution in [-0.4, -0.2) is 35.9 Å². The number of ether oxygens (including phenoxy) is 1. The molecule has 1 saturated heterocycles. The van der Waals surface area contributed by atoms with Gasteiger partial charge in [0.2, 0.25) is 0 Å². The smallest absolute Gasteiger partial charge is 0.332 e. The van der Waals surface area contributed by atoms with Gasteiger partial charge in [-0.2, -0.15) is 0 Å². The summed E-state index contributed by atoms with van der Waals surface area (Å²) in [5, 5.41) is 13.9. The first-order chi connectivity index (χ1) is 9.94. The Morgan fingerprint density at radius 1 is 1.38 bits per heavy atom. The molecule has 0 saturated carbocycles. The number of carbonyl (C=O) groups excluding carboxylic acids is 1. The quantitative estimate of drug-likeness (QED) is 0.795. The Kier molecular flexibility index (Phi) is 4.98. The molecular formula is C13H14ClFN2O4. The number of nitrogens with one attached hydrogen (secondary N) is 2. The molecule has 114 valence electrons. The number of hydrogen-bond donors (Lipinski definition) is 3. The number of rotatable bonds is 4. The summed E-state index contributed by atoms with van der Waals surface area (Å²) in [4.78, 5) is 22.4. The Balaban J connectivity index is 1.79. The first kappa shape index (κ1) is 15.5. The Bertz CT molecular complexity index is 535. The maximum absolute atomic E-state index is 13.1. The number of urea groups is 1. The van der Waals surface area contributed by atoms with Gasteiger partial charge in [-0.1, -0.05) is 11.6 Å². The van der Waals surface area contributed by atoms with E-state index in [1.165, 1.54) is 6.07 Å². The zero-order chi connectivity index (χ0) is 15.4. The largest absolute Gasteiger partial charge is 0.479 e. The molecule has 2 rings (SSSR count). The van der Waals surface area contributed by atoms with E-state index >= 15 is 0 Å². The Morgan fingerprint density at radius 3 is 2.76 bits per heavy atom. The zero-order valence-corrected chi connectivity index (χ0v) is 11.7. The van der Waals surface area contributed by atoms with Gasteiger partial charge in [-0.05, 0) is 31.0 Å². The van der Waals surface area contributed by atoms with E-state index in [1.54, 1.807) is 0 Å². The van der Waals surface area contributed by atoms with E-state index in [-0.39, 0.29) is 23.4 Å². The topological polar surface area (TPSA) is 87.7 Å². The summed E-state index contributed by atoms with van der Waals surface area (Å²) in [6, 6.07) is 3.14. The summed E-state index contributed by atoms with van der Waals surface area (Å²) in [7, 11) is 0. The molecule has 0 spiro atoms. The molecule has 6 nitrogen and oxygen atoms in total. The standard InChI is InChI=1S/C13H14ClFN2O4/c14-7-3-8(15)5-9(4-7)17-13(20)16-6-10-1-2-11(21-10)12(18)19/h3-5,10-11H,1-2,6H2,(H,18,19)(H2,16,17,20). The lowest BCUT2D eigenvalue weighted by molar-refractivity contribution is -0.149. The van der Waals surface area contributed by atoms with E-state index in [4.69, 9.17) is 21.4 Å². The molecule has 0 aromatic heterocycles. The molecule has 2 atom stereocenters. The zero-order valence-electron chi connectivity index (χ0n) is 10.9. The Labute approximate surface area is 125 Å². The van der Waals surface area contributed by atoms with Gasteiger partial charge in [0.05, 0.1) is 6.10 Å². The maximum Gasteiger partial charge on any atom is 0.332 e. The summed E-state index contributed by atoms with van der Waals surface area (Å²) in [6.07, 6.45) is -0.180. The number of benzene rings is 1. The predicted molar refractivity (Wildman–Crippen MR) is 74.0 cm³/mol. The first-order valence-corrected chi connectivity index (χ1v) is 6.71. The van der Waals surface area contributed by atoms with Crippen LogP contribution in [0.3, 0.4) is 0 Å². The third-order valence-corrected chi connectivity index (χ3v) is 3.21. The van der Waals surface area contributed by atoms with E-state index in [2.05, 4.69) is 10.6 Å². The summed E-state index contributed by atoms with van der Waals surface area (Å²) in [5.41, 5.74) is 0.230. The fourth-order valence-corrected chi connectivity index (χ4v) is 2.27. The first-order valence-electron chi connectivity index (χ1n) is 6.33. The number of aliphatic carboxylic acids is 1. The molecule has 3 N–H and O–H groups in total. The van der Waals surface area contributed by atoms with Gasteiger partial charge in [-0.3, -0.25) is 0 Å². The Hall–Kier alpha value is -1.86. The van der Waals surface area contributed by atoms with Crippen LogP contribution in [-0.2, 0) is 9.53 Å². The SMILES string of the molecule is O=C(NCC1CCC(C(=O)O)O1)Nc1cc(F)cc(Cl)c1. The fourth-order valence-electron chi connectivity index (χ4n) is 2.05. The molecule has 0 radical (unpaired) electrons. The lowest BCUT2D eigenvalue weighted by Crippen LogP contribution is -2.35. The van der Waals surface area contributed by atoms with Crippen LogP contribution < -0.4 is 10.6 Å². The third kappa shape index (κ3) is 4.57. The Morgan fingerprint density at radius 2 is 2.14 bits per heavy atom. The van der Waals surface area contributed by atoms with Gasteiger partial charge >= 0.3 is 12.0 Å². The molecule has 0 bridgehead atoms. The number of halogens is 2. The predicted octanol–water partition coefficient (Wildman–Crippen LogP) is 2.23. The van der Waals surface area contributed by atoms with Crippen molar-refractivity contribution < 1.29 is 23.8 Å². The molecule has 2 amide bonds. The van der Waals surface area contributed by atoms with Crippen molar-refractivity contribution in [1.29, 1.82) is 0 Å². The van der Waals surface area contributed by atoms with E-state index in [0.29, 0.717) is 12.8 Å². The van der Waals surface area contributed by atoms with Crippen molar-refractivity contribution in [2.45, 2.75) is 25.0 Å². The average Bonchev–Trinajstić information content (AvgIpc) is 2.84. The number of amides is 2. The molecule has 0 aliphatic carbocycles. The van der Waals surface area contributed by atoms with Gasteiger partial charge in [-0.15, -0.1) is 0 Å². The van der Waals surface area contributed by atoms with Crippen LogP contribution in [0.2, 0.25) is 5.02 Å². The van der Waals surface area contributed by atoms with Crippen LogP contribution in [0.1, 0.15) is 12.8 Å². The lowest BCUT2D eigenvalue weighted by Gasteiger charge is -2.13. The number of hydrogen-bond acceptors (Lipinski definition) is 3. The number of carbonyl (C=O) groups is 2. The second-order valence-corrected chi connectivity index (χ2v) is 5.09. The maximum atomic E-state index is 13.1. The summed E-state index contributed by atoms with van der Waals surface area (Å²) < 4.78 is 18.3. The lowest BCUT2D eigenvalue weighted by atomic mass is 10.2. The van der Waals surface area contributed by atoms with E-state index < -0.39 is 23.9 Å². The summed E-state index contributed by atoms with van der Waals surface area (Å²) in [6.45, 7) is 0.179. The number of anilines is 1. The molecule has 1 aromatic rings. The minimum absolute atomic E-state index is 0.175. The number of carboxylic acid groups (broad SMARTS) is 1. The highest BCUT2D eigenvalue weighted by molar-refractivity contribution is 6.30. The van der Waals surface area contributed by atoms with Gasteiger partial charge < -0.3 is 20.5 Å². The molecule has 1 heterocycles. The van der Waals surface area contributed by atoms with Crippen molar-refractivity contribution in [3.8, 4) is 0 Å². The minimum atomic E-state index is -1.00. The second kappa shape index (κ2) is 6.73. The average molecular weight is 317 g/mol. The van der Waals surface area contributed by atoms with Crippen LogP contribution in [0.5, 0.6) is 0 Å². The molecule has 1 aliphatic rings. The van der Waals surface area contributed by atoms with Crippen LogP contribution in [0.25, 0.3) is 0 Å². The van der Waals surface area contributed by atoms with E-state index in [0.717, 1.165) is 12.1 Å². The molecule has 8 heteroatoms. The minimum Gasteiger partial charge on any atom is -0.479 e. The van der Waals surface area contributed by atoms with Crippen molar-refractivity contribution in [1.82, 2.24) is 5.32 Å². The molecule has 1 aromatic carbocycles. The van der Waals surface area contributed by atoms with E-state index in [1.807, 2.05) is 0 Å². The molecular weight excluding hydrogens is 303 g/mol. The normalized spacial score (nSPS) is 21.0. The summed E-state index contributed by atoms with van der Waals surface area (Å²) in [5.74, 6) is -1.56. The molecule has 1 aliphatic heterocycles. The van der Waals surface area contributed by atoms with Crippen LogP contribution >= 0.6 is 11.6 Å². The van der Waals surface area contributed by atoms with Crippen molar-refractivity contribution >= 4 is 29.3 Å². The molecule has 2 unspecified atom stereocenters. The van der Waals surface area contributed by atoms with Gasteiger partial charge in [0.15, 0.2) is 6.10 Å². The van der Waals surface area contributed by atoms with Crippen LogP contribution in [0.4, 0.5) is 14.9 Å². The number of carboxylic acids is 1. The van der Waals surface area contributed by atoms with Crippen molar-refractivity contribution in [2.75, 3.05) is 11.9 Å². The fraction of sp³-hybridized carbons (Fsp3) is 0.385. The van der Waals surface area contributed by atoms with Crippen molar-refractivity contribution in [2.24, 2.45) is 0 Å². The van der Waals surface area contributed by atoms with Gasteiger partial charge in [0.25, 0.3) is 0 Å². The van der Waals surface area contributed by atoms with Gasteiger partial charge in [0.1, 0.15) is 5.82 Å². The van der Waals surface area contributed by atoms with Crippen molar-refractivity contribution in [3.05, 3.63) is 29.0 Å². The van der Waals surface area contributed by atoms with E-state index in [9.17, 15) is 14.0 Å². The van der Waals surface area contributed by atoms with Crippen LogP contribution in [0.15, 0.2) is 18.2 Å². The highest BCUT2D eigenvalue weighted by Gasteiger charge is 2.30. The second-order valence-electron chi connectivity index (χ2n) is 4.66. The molecule has 1 fully saturated rings. The van der Waals surface area contributed by atoms with Crippen LogP contribution in [0, 0.1) is 5.82 Å². The monoisotopic (exact) mass is 316 g/mol. The highest BCUT2D eigenvalue weighted by Crippen LogP contribution is 2.20. The summed E-state index contributed by atoms with van der Waals surface area (Å²) >= 11 is 5.67.